The van der Waals surface area contributed by atoms with Crippen LogP contribution in [0.25, 0.3) is 11.3 Å². The minimum Gasteiger partial charge on any atom is -0.495 e. The first-order valence-corrected chi connectivity index (χ1v) is 12.1. The first-order valence-electron chi connectivity index (χ1n) is 11.1. The van der Waals surface area contributed by atoms with Crippen LogP contribution in [0.1, 0.15) is 12.7 Å². The zero-order chi connectivity index (χ0) is 24.2. The van der Waals surface area contributed by atoms with Gasteiger partial charge in [-0.05, 0) is 37.3 Å². The van der Waals surface area contributed by atoms with E-state index in [1.165, 1.54) is 11.8 Å². The van der Waals surface area contributed by atoms with Crippen molar-refractivity contribution >= 4 is 29.3 Å². The molecule has 35 heavy (non-hydrogen) atoms. The van der Waals surface area contributed by atoms with E-state index in [1.807, 2.05) is 48.7 Å². The van der Waals surface area contributed by atoms with Crippen molar-refractivity contribution in [2.24, 2.45) is 0 Å². The lowest BCUT2D eigenvalue weighted by Crippen LogP contribution is -2.15. The molecule has 0 aliphatic carbocycles. The van der Waals surface area contributed by atoms with E-state index in [4.69, 9.17) is 19.9 Å². The van der Waals surface area contributed by atoms with E-state index in [-0.39, 0.29) is 5.95 Å². The van der Waals surface area contributed by atoms with Crippen LogP contribution in [0.15, 0.2) is 53.8 Å². The summed E-state index contributed by atoms with van der Waals surface area (Å²) in [5, 5.41) is 4.01. The highest BCUT2D eigenvalue weighted by molar-refractivity contribution is 7.98. The van der Waals surface area contributed by atoms with Crippen molar-refractivity contribution in [1.29, 1.82) is 0 Å². The summed E-state index contributed by atoms with van der Waals surface area (Å²) in [6, 6.07) is 13.5. The summed E-state index contributed by atoms with van der Waals surface area (Å²) < 4.78 is 18.9. The Morgan fingerprint density at radius 2 is 1.91 bits per heavy atom. The number of hydrogen-bond acceptors (Lipinski definition) is 10. The second kappa shape index (κ2) is 10.1. The number of anilines is 3. The van der Waals surface area contributed by atoms with E-state index >= 15 is 0 Å². The molecule has 0 bridgehead atoms. The highest BCUT2D eigenvalue weighted by Gasteiger charge is 2.17. The van der Waals surface area contributed by atoms with Gasteiger partial charge < -0.3 is 29.8 Å². The van der Waals surface area contributed by atoms with Crippen molar-refractivity contribution in [2.75, 3.05) is 31.4 Å². The Labute approximate surface area is 206 Å². The van der Waals surface area contributed by atoms with Crippen LogP contribution >= 0.6 is 11.8 Å². The van der Waals surface area contributed by atoms with Crippen LogP contribution in [0.3, 0.4) is 0 Å². The lowest BCUT2D eigenvalue weighted by molar-refractivity contribution is 0.171. The molecule has 0 saturated carbocycles. The number of para-hydroxylation sites is 2. The Morgan fingerprint density at radius 1 is 1.09 bits per heavy atom. The third-order valence-electron chi connectivity index (χ3n) is 5.36. The lowest BCUT2D eigenvalue weighted by Gasteiger charge is -2.19. The fourth-order valence-corrected chi connectivity index (χ4v) is 4.67. The third kappa shape index (κ3) is 4.94. The Kier molecular flexibility index (Phi) is 6.57. The number of nitrogens with one attached hydrogen (secondary N) is 1. The highest BCUT2D eigenvalue weighted by Crippen LogP contribution is 2.36. The van der Waals surface area contributed by atoms with Gasteiger partial charge in [0.2, 0.25) is 11.9 Å². The maximum Gasteiger partial charge on any atom is 0.232 e. The Balaban J connectivity index is 1.34. The topological polar surface area (TPSA) is 122 Å². The number of thioether (sulfide) groups is 1. The van der Waals surface area contributed by atoms with Gasteiger partial charge in [-0.1, -0.05) is 23.9 Å². The van der Waals surface area contributed by atoms with E-state index in [0.717, 1.165) is 40.1 Å². The molecule has 1 aliphatic rings. The number of imidazole rings is 1. The lowest BCUT2D eigenvalue weighted by atomic mass is 10.1. The zero-order valence-electron chi connectivity index (χ0n) is 19.4. The van der Waals surface area contributed by atoms with Gasteiger partial charge in [-0.2, -0.15) is 15.0 Å². The van der Waals surface area contributed by atoms with Crippen LogP contribution < -0.4 is 25.3 Å². The zero-order valence-corrected chi connectivity index (χ0v) is 20.2. The van der Waals surface area contributed by atoms with Gasteiger partial charge in [-0.3, -0.25) is 0 Å². The monoisotopic (exact) mass is 491 g/mol. The number of benzene rings is 2. The van der Waals surface area contributed by atoms with Gasteiger partial charge >= 0.3 is 0 Å². The number of fused-ring (bicyclic) bond motifs is 1. The Bertz CT molecular complexity index is 1340. The van der Waals surface area contributed by atoms with Crippen molar-refractivity contribution in [2.45, 2.75) is 24.4 Å². The van der Waals surface area contributed by atoms with Gasteiger partial charge in [0.1, 0.15) is 24.8 Å². The molecule has 2 aromatic carbocycles. The van der Waals surface area contributed by atoms with E-state index in [0.29, 0.717) is 36.5 Å². The summed E-state index contributed by atoms with van der Waals surface area (Å²) in [5.41, 5.74) is 8.72. The minimum absolute atomic E-state index is 0.142. The molecule has 180 valence electrons. The Morgan fingerprint density at radius 3 is 2.74 bits per heavy atom. The van der Waals surface area contributed by atoms with Crippen molar-refractivity contribution in [3.63, 3.8) is 0 Å². The molecule has 0 fully saturated rings. The van der Waals surface area contributed by atoms with Crippen LogP contribution in [-0.4, -0.2) is 44.8 Å². The second-order valence-corrected chi connectivity index (χ2v) is 8.52. The molecule has 0 unspecified atom stereocenters. The Hall–Kier alpha value is -3.99. The molecular weight excluding hydrogens is 466 g/mol. The summed E-state index contributed by atoms with van der Waals surface area (Å²) >= 11 is 1.54. The molecule has 3 N–H and O–H groups in total. The molecule has 3 heterocycles. The van der Waals surface area contributed by atoms with Crippen LogP contribution in [0.2, 0.25) is 0 Å². The summed E-state index contributed by atoms with van der Waals surface area (Å²) in [4.78, 5) is 17.7. The first kappa shape index (κ1) is 22.8. The number of methoxy groups -OCH3 is 1. The molecule has 4 aromatic rings. The predicted octanol–water partition coefficient (Wildman–Crippen LogP) is 4.15. The largest absolute Gasteiger partial charge is 0.495 e. The molecule has 0 spiro atoms. The molecule has 5 rings (SSSR count). The van der Waals surface area contributed by atoms with Crippen LogP contribution in [-0.2, 0) is 12.3 Å². The van der Waals surface area contributed by atoms with Crippen LogP contribution in [0.4, 0.5) is 17.6 Å². The molecule has 0 atom stereocenters. The predicted molar refractivity (Wildman–Crippen MR) is 134 cm³/mol. The van der Waals surface area contributed by atoms with Gasteiger partial charge in [0.25, 0.3) is 0 Å². The normalized spacial score (nSPS) is 12.4. The SMILES string of the molecule is CCn1c(-c2ccc3c(c2)OCCO3)cnc1SCc1nc(N)nc(Nc2ccccc2OC)n1. The van der Waals surface area contributed by atoms with E-state index in [1.54, 1.807) is 7.11 Å². The van der Waals surface area contributed by atoms with Gasteiger partial charge in [0, 0.05) is 12.1 Å². The van der Waals surface area contributed by atoms with Gasteiger partial charge in [-0.15, -0.1) is 0 Å². The number of hydrogen-bond donors (Lipinski definition) is 2. The molecule has 0 saturated heterocycles. The second-order valence-electron chi connectivity index (χ2n) is 7.58. The van der Waals surface area contributed by atoms with E-state index in [2.05, 4.69) is 36.7 Å². The average Bonchev–Trinajstić information content (AvgIpc) is 3.30. The van der Waals surface area contributed by atoms with Crippen LogP contribution in [0, 0.1) is 0 Å². The number of nitrogen functional groups attached to an aromatic ring is 1. The standard InChI is InChI=1S/C24H25N7O3S/c1-3-31-17(15-8-9-19-20(12-15)34-11-10-33-19)13-26-24(31)35-14-21-28-22(25)30-23(29-21)27-16-6-4-5-7-18(16)32-2/h4-9,12-13H,3,10-11,14H2,1-2H3,(H3,25,27,28,29,30). The smallest absolute Gasteiger partial charge is 0.232 e. The average molecular weight is 492 g/mol. The highest BCUT2D eigenvalue weighted by atomic mass is 32.2. The summed E-state index contributed by atoms with van der Waals surface area (Å²) in [6.07, 6.45) is 1.87. The van der Waals surface area contributed by atoms with Crippen molar-refractivity contribution in [3.8, 4) is 28.5 Å². The fourth-order valence-electron chi connectivity index (χ4n) is 3.77. The first-order chi connectivity index (χ1) is 17.1. The number of nitrogens with two attached hydrogens (primary N) is 1. The fraction of sp³-hybridized carbons (Fsp3) is 0.250. The van der Waals surface area contributed by atoms with Crippen LogP contribution in [0.5, 0.6) is 17.2 Å². The van der Waals surface area contributed by atoms with Crippen molar-refractivity contribution in [1.82, 2.24) is 24.5 Å². The number of ether oxygens (including phenoxy) is 3. The summed E-state index contributed by atoms with van der Waals surface area (Å²) in [7, 11) is 1.61. The van der Waals surface area contributed by atoms with Gasteiger partial charge in [0.15, 0.2) is 16.7 Å². The number of nitrogens with zero attached hydrogens (tertiary/aromatic N) is 5. The number of rotatable bonds is 8. The maximum absolute atomic E-state index is 5.96. The molecule has 0 amide bonds. The summed E-state index contributed by atoms with van der Waals surface area (Å²) in [5.74, 6) is 3.72. The van der Waals surface area contributed by atoms with E-state index < -0.39 is 0 Å². The molecule has 11 heteroatoms. The molecular formula is C24H25N7O3S. The molecule has 0 radical (unpaired) electrons. The van der Waals surface area contributed by atoms with Crippen molar-refractivity contribution < 1.29 is 14.2 Å². The number of aromatic nitrogens is 5. The summed E-state index contributed by atoms with van der Waals surface area (Å²) in [6.45, 7) is 3.96. The minimum atomic E-state index is 0.142. The third-order valence-corrected chi connectivity index (χ3v) is 6.34. The van der Waals surface area contributed by atoms with Gasteiger partial charge in [-0.25, -0.2) is 4.98 Å². The maximum atomic E-state index is 5.96. The van der Waals surface area contributed by atoms with E-state index in [9.17, 15) is 0 Å². The quantitative estimate of drug-likeness (QED) is 0.348. The molecule has 10 nitrogen and oxygen atoms in total. The van der Waals surface area contributed by atoms with Crippen molar-refractivity contribution in [3.05, 3.63) is 54.5 Å². The molecule has 2 aromatic heterocycles. The molecule has 1 aliphatic heterocycles. The van der Waals surface area contributed by atoms with Gasteiger partial charge in [0.05, 0.1) is 30.4 Å².